The summed E-state index contributed by atoms with van der Waals surface area (Å²) in [6.07, 6.45) is 4.65. The number of rotatable bonds is 4. The smallest absolute Gasteiger partial charge is 0.258 e. The fraction of sp³-hybridized carbons (Fsp3) is 0.409. The number of aromatic nitrogens is 1. The molecular formula is C22H26N2O2. The minimum Gasteiger partial charge on any atom is -0.376 e. The number of likely N-dealkylation sites (N-methyl/N-ethyl adjacent to an activating group) is 1. The molecule has 1 fully saturated rings. The molecule has 4 nitrogen and oxygen atoms in total. The topological polar surface area (TPSA) is 34.5 Å². The second-order valence-corrected chi connectivity index (χ2v) is 7.20. The van der Waals surface area contributed by atoms with E-state index in [1.54, 1.807) is 0 Å². The summed E-state index contributed by atoms with van der Waals surface area (Å²) in [7, 11) is 0. The normalized spacial score (nSPS) is 21.0. The van der Waals surface area contributed by atoms with Crippen molar-refractivity contribution < 1.29 is 9.53 Å². The monoisotopic (exact) mass is 350 g/mol. The Labute approximate surface area is 155 Å². The van der Waals surface area contributed by atoms with Crippen molar-refractivity contribution in [3.63, 3.8) is 0 Å². The summed E-state index contributed by atoms with van der Waals surface area (Å²) in [6, 6.07) is 10.2. The van der Waals surface area contributed by atoms with Crippen LogP contribution in [0.4, 0.5) is 5.69 Å². The van der Waals surface area contributed by atoms with Gasteiger partial charge in [0.2, 0.25) is 0 Å². The third-order valence-corrected chi connectivity index (χ3v) is 5.60. The number of nitrogens with zero attached hydrogens (tertiary/aromatic N) is 2. The van der Waals surface area contributed by atoms with Crippen molar-refractivity contribution in [3.8, 4) is 0 Å². The van der Waals surface area contributed by atoms with E-state index in [9.17, 15) is 4.79 Å². The van der Waals surface area contributed by atoms with Gasteiger partial charge in [-0.15, -0.1) is 0 Å². The van der Waals surface area contributed by atoms with Crippen molar-refractivity contribution in [2.45, 2.75) is 46.3 Å². The summed E-state index contributed by atoms with van der Waals surface area (Å²) >= 11 is 0. The number of carbonyl (C=O) groups excluding carboxylic acids is 1. The van der Waals surface area contributed by atoms with Crippen LogP contribution in [0, 0.1) is 13.8 Å². The molecule has 0 radical (unpaired) electrons. The first-order chi connectivity index (χ1) is 12.6. The number of amides is 1. The number of para-hydroxylation sites is 1. The number of aryl methyl sites for hydroxylation is 1. The van der Waals surface area contributed by atoms with E-state index in [1.165, 1.54) is 11.4 Å². The summed E-state index contributed by atoms with van der Waals surface area (Å²) in [5.74, 6) is 0.0950. The zero-order valence-corrected chi connectivity index (χ0v) is 15.8. The molecular weight excluding hydrogens is 324 g/mol. The van der Waals surface area contributed by atoms with Crippen LogP contribution >= 0.6 is 0 Å². The van der Waals surface area contributed by atoms with E-state index in [0.29, 0.717) is 12.6 Å². The molecule has 1 saturated heterocycles. The maximum absolute atomic E-state index is 12.9. The first-order valence-electron chi connectivity index (χ1n) is 9.51. The van der Waals surface area contributed by atoms with Gasteiger partial charge in [-0.1, -0.05) is 18.2 Å². The summed E-state index contributed by atoms with van der Waals surface area (Å²) < 4.78 is 8.13. The molecule has 1 aromatic carbocycles. The lowest BCUT2D eigenvalue weighted by Gasteiger charge is -2.14. The number of benzene rings is 1. The van der Waals surface area contributed by atoms with Gasteiger partial charge < -0.3 is 14.2 Å². The van der Waals surface area contributed by atoms with E-state index in [4.69, 9.17) is 4.74 Å². The molecule has 0 spiro atoms. The molecule has 0 aliphatic carbocycles. The molecule has 2 aromatic rings. The van der Waals surface area contributed by atoms with Gasteiger partial charge in [0.05, 0.1) is 11.8 Å². The minimum absolute atomic E-state index is 0.0950. The fourth-order valence-electron chi connectivity index (χ4n) is 4.16. The molecule has 2 aliphatic rings. The van der Waals surface area contributed by atoms with Gasteiger partial charge in [0.25, 0.3) is 5.91 Å². The highest BCUT2D eigenvalue weighted by Gasteiger charge is 2.31. The highest BCUT2D eigenvalue weighted by Crippen LogP contribution is 2.38. The second kappa shape index (κ2) is 6.76. The van der Waals surface area contributed by atoms with Crippen LogP contribution < -0.4 is 4.90 Å². The summed E-state index contributed by atoms with van der Waals surface area (Å²) in [5.41, 5.74) is 6.38. The maximum Gasteiger partial charge on any atom is 0.258 e. The maximum atomic E-state index is 12.9. The molecule has 1 atom stereocenters. The molecule has 2 aliphatic heterocycles. The van der Waals surface area contributed by atoms with Crippen LogP contribution in [0.1, 0.15) is 42.3 Å². The van der Waals surface area contributed by atoms with Crippen LogP contribution in [0.25, 0.3) is 11.6 Å². The average molecular weight is 350 g/mol. The predicted octanol–water partition coefficient (Wildman–Crippen LogP) is 4.19. The van der Waals surface area contributed by atoms with Gasteiger partial charge in [0.15, 0.2) is 0 Å². The van der Waals surface area contributed by atoms with Crippen LogP contribution in [0.2, 0.25) is 0 Å². The summed E-state index contributed by atoms with van der Waals surface area (Å²) in [6.45, 7) is 8.74. The fourth-order valence-corrected chi connectivity index (χ4v) is 4.16. The van der Waals surface area contributed by atoms with E-state index >= 15 is 0 Å². The number of carbonyl (C=O) groups is 1. The van der Waals surface area contributed by atoms with Crippen LogP contribution in [-0.4, -0.2) is 29.7 Å². The molecule has 0 saturated carbocycles. The first-order valence-corrected chi connectivity index (χ1v) is 9.51. The highest BCUT2D eigenvalue weighted by molar-refractivity contribution is 6.35. The average Bonchev–Trinajstić information content (AvgIpc) is 3.31. The minimum atomic E-state index is 0.0950. The Morgan fingerprint density at radius 2 is 2.08 bits per heavy atom. The Morgan fingerprint density at radius 3 is 2.81 bits per heavy atom. The molecule has 0 unspecified atom stereocenters. The van der Waals surface area contributed by atoms with Crippen molar-refractivity contribution in [3.05, 3.63) is 52.8 Å². The largest absolute Gasteiger partial charge is 0.376 e. The quantitative estimate of drug-likeness (QED) is 0.775. The number of ether oxygens (including phenoxy) is 1. The zero-order valence-electron chi connectivity index (χ0n) is 15.8. The van der Waals surface area contributed by atoms with E-state index in [-0.39, 0.29) is 5.91 Å². The van der Waals surface area contributed by atoms with E-state index < -0.39 is 0 Å². The predicted molar refractivity (Wildman–Crippen MR) is 105 cm³/mol. The van der Waals surface area contributed by atoms with E-state index in [2.05, 4.69) is 30.6 Å². The van der Waals surface area contributed by atoms with Crippen molar-refractivity contribution in [2.24, 2.45) is 0 Å². The third-order valence-electron chi connectivity index (χ3n) is 5.60. The highest BCUT2D eigenvalue weighted by atomic mass is 16.5. The Bertz CT molecular complexity index is 872. The SMILES string of the molecule is CCN1C(=O)/C(=C/c2cc(C)n(C[C@H]3CCCO3)c2C)c2ccccc21. The van der Waals surface area contributed by atoms with Crippen LogP contribution in [-0.2, 0) is 16.1 Å². The number of fused-ring (bicyclic) bond motifs is 1. The van der Waals surface area contributed by atoms with E-state index in [1.807, 2.05) is 36.1 Å². The molecule has 0 bridgehead atoms. The first kappa shape index (κ1) is 17.1. The Hall–Kier alpha value is -2.33. The number of hydrogen-bond donors (Lipinski definition) is 0. The molecule has 1 aromatic heterocycles. The van der Waals surface area contributed by atoms with Crippen molar-refractivity contribution in [2.75, 3.05) is 18.1 Å². The molecule has 4 rings (SSSR count). The van der Waals surface area contributed by atoms with Crippen LogP contribution in [0.5, 0.6) is 0 Å². The van der Waals surface area contributed by atoms with Gasteiger partial charge in [0, 0.05) is 42.2 Å². The van der Waals surface area contributed by atoms with Gasteiger partial charge in [0.1, 0.15) is 0 Å². The summed E-state index contributed by atoms with van der Waals surface area (Å²) in [4.78, 5) is 14.8. The molecule has 3 heterocycles. The Kier molecular flexibility index (Phi) is 4.45. The lowest BCUT2D eigenvalue weighted by Crippen LogP contribution is -2.25. The zero-order chi connectivity index (χ0) is 18.3. The van der Waals surface area contributed by atoms with Crippen molar-refractivity contribution >= 4 is 23.2 Å². The lowest BCUT2D eigenvalue weighted by atomic mass is 10.0. The lowest BCUT2D eigenvalue weighted by molar-refractivity contribution is -0.112. The van der Waals surface area contributed by atoms with Gasteiger partial charge in [-0.05, 0) is 57.4 Å². The van der Waals surface area contributed by atoms with Gasteiger partial charge >= 0.3 is 0 Å². The third kappa shape index (κ3) is 2.78. The molecule has 26 heavy (non-hydrogen) atoms. The van der Waals surface area contributed by atoms with Gasteiger partial charge in [-0.3, -0.25) is 4.79 Å². The molecule has 136 valence electrons. The van der Waals surface area contributed by atoms with Crippen LogP contribution in [0.3, 0.4) is 0 Å². The molecule has 0 N–H and O–H groups in total. The molecule has 4 heteroatoms. The van der Waals surface area contributed by atoms with E-state index in [0.717, 1.165) is 48.4 Å². The second-order valence-electron chi connectivity index (χ2n) is 7.20. The number of anilines is 1. The van der Waals surface area contributed by atoms with Crippen molar-refractivity contribution in [1.82, 2.24) is 4.57 Å². The number of hydrogen-bond acceptors (Lipinski definition) is 2. The Morgan fingerprint density at radius 1 is 1.27 bits per heavy atom. The van der Waals surface area contributed by atoms with Gasteiger partial charge in [-0.2, -0.15) is 0 Å². The summed E-state index contributed by atoms with van der Waals surface area (Å²) in [5, 5.41) is 0. The van der Waals surface area contributed by atoms with Crippen LogP contribution in [0.15, 0.2) is 30.3 Å². The van der Waals surface area contributed by atoms with Gasteiger partial charge in [-0.25, -0.2) is 0 Å². The van der Waals surface area contributed by atoms with Crippen molar-refractivity contribution in [1.29, 1.82) is 0 Å². The Balaban J connectivity index is 1.71. The standard InChI is InChI=1S/C22H26N2O2/c1-4-23-21-10-6-5-9-19(21)20(22(23)25)13-17-12-15(2)24(16(17)3)14-18-8-7-11-26-18/h5-6,9-10,12-13,18H,4,7-8,11,14H2,1-3H3/b20-13+/t18-/m1/s1. The molecule has 1 amide bonds.